The van der Waals surface area contributed by atoms with E-state index in [4.69, 9.17) is 4.74 Å². The third-order valence-corrected chi connectivity index (χ3v) is 5.68. The quantitative estimate of drug-likeness (QED) is 0.927. The molecule has 1 N–H and O–H groups in total. The molecule has 6 heteroatoms. The van der Waals surface area contributed by atoms with Gasteiger partial charge in [-0.25, -0.2) is 0 Å². The second-order valence-corrected chi connectivity index (χ2v) is 7.53. The Kier molecular flexibility index (Phi) is 4.60. The SMILES string of the molecule is O=C(Nc1cccnc1)[C@@H]1C[C@H]2CCN(Cc3cccs3)C[C@H]2O1. The van der Waals surface area contributed by atoms with Gasteiger partial charge in [0.1, 0.15) is 6.10 Å². The fourth-order valence-electron chi connectivity index (χ4n) is 3.59. The number of hydrogen-bond donors (Lipinski definition) is 1. The van der Waals surface area contributed by atoms with Crippen molar-refractivity contribution in [1.82, 2.24) is 9.88 Å². The highest BCUT2D eigenvalue weighted by atomic mass is 32.1. The summed E-state index contributed by atoms with van der Waals surface area (Å²) in [6.07, 6.45) is 5.10. The summed E-state index contributed by atoms with van der Waals surface area (Å²) in [6.45, 7) is 2.98. The Hall–Kier alpha value is -1.76. The van der Waals surface area contributed by atoms with Gasteiger partial charge in [0.15, 0.2) is 0 Å². The number of piperidine rings is 1. The van der Waals surface area contributed by atoms with Crippen LogP contribution in [0.5, 0.6) is 0 Å². The molecule has 0 unspecified atom stereocenters. The normalized spacial score (nSPS) is 26.9. The van der Waals surface area contributed by atoms with Crippen molar-refractivity contribution in [3.8, 4) is 0 Å². The van der Waals surface area contributed by atoms with Crippen LogP contribution >= 0.6 is 11.3 Å². The number of anilines is 1. The Morgan fingerprint density at radius 1 is 1.42 bits per heavy atom. The van der Waals surface area contributed by atoms with Gasteiger partial charge in [0.25, 0.3) is 5.91 Å². The van der Waals surface area contributed by atoms with Crippen LogP contribution in [0.1, 0.15) is 17.7 Å². The highest BCUT2D eigenvalue weighted by Gasteiger charge is 2.41. The molecule has 2 aromatic rings. The van der Waals surface area contributed by atoms with Crippen LogP contribution in [0.2, 0.25) is 0 Å². The molecule has 4 heterocycles. The topological polar surface area (TPSA) is 54.5 Å². The molecule has 0 saturated carbocycles. The number of carbonyl (C=O) groups excluding carboxylic acids is 1. The number of thiophene rings is 1. The predicted molar refractivity (Wildman–Crippen MR) is 93.8 cm³/mol. The lowest BCUT2D eigenvalue weighted by Crippen LogP contribution is -2.41. The molecule has 4 rings (SSSR count). The molecule has 126 valence electrons. The number of hydrogen-bond acceptors (Lipinski definition) is 5. The standard InChI is InChI=1S/C18H21N3O2S/c22-18(20-14-3-1-6-19-10-14)16-9-13-5-7-21(12-17(13)23-16)11-15-4-2-8-24-15/h1-4,6,8,10,13,16-17H,5,7,9,11-12H2,(H,20,22)/t13-,16+,17-/m1/s1. The fourth-order valence-corrected chi connectivity index (χ4v) is 4.34. The molecular weight excluding hydrogens is 322 g/mol. The lowest BCUT2D eigenvalue weighted by molar-refractivity contribution is -0.127. The predicted octanol–water partition coefficient (Wildman–Crippen LogP) is 2.76. The molecule has 2 aromatic heterocycles. The van der Waals surface area contributed by atoms with E-state index in [-0.39, 0.29) is 18.1 Å². The maximum absolute atomic E-state index is 12.4. The Balaban J connectivity index is 1.33. The molecule has 0 spiro atoms. The van der Waals surface area contributed by atoms with Crippen molar-refractivity contribution in [1.29, 1.82) is 0 Å². The summed E-state index contributed by atoms with van der Waals surface area (Å²) in [7, 11) is 0. The summed E-state index contributed by atoms with van der Waals surface area (Å²) in [6, 6.07) is 7.93. The third kappa shape index (κ3) is 3.50. The first-order valence-electron chi connectivity index (χ1n) is 8.39. The van der Waals surface area contributed by atoms with Gasteiger partial charge in [0, 0.05) is 24.2 Å². The van der Waals surface area contributed by atoms with E-state index in [0.29, 0.717) is 5.92 Å². The molecule has 2 aliphatic rings. The summed E-state index contributed by atoms with van der Waals surface area (Å²) in [5.41, 5.74) is 0.722. The van der Waals surface area contributed by atoms with E-state index in [1.807, 2.05) is 12.1 Å². The van der Waals surface area contributed by atoms with Crippen LogP contribution in [0, 0.1) is 5.92 Å². The Bertz CT molecular complexity index is 677. The Morgan fingerprint density at radius 3 is 3.17 bits per heavy atom. The maximum Gasteiger partial charge on any atom is 0.253 e. The lowest BCUT2D eigenvalue weighted by Gasteiger charge is -2.33. The minimum atomic E-state index is -0.345. The van der Waals surface area contributed by atoms with Gasteiger partial charge in [-0.1, -0.05) is 6.07 Å². The number of nitrogens with one attached hydrogen (secondary N) is 1. The molecule has 2 saturated heterocycles. The Labute approximate surface area is 145 Å². The van der Waals surface area contributed by atoms with Crippen LogP contribution in [-0.2, 0) is 16.1 Å². The number of amides is 1. The van der Waals surface area contributed by atoms with Crippen molar-refractivity contribution < 1.29 is 9.53 Å². The van der Waals surface area contributed by atoms with Gasteiger partial charge in [0.2, 0.25) is 0 Å². The lowest BCUT2D eigenvalue weighted by atomic mass is 9.91. The van der Waals surface area contributed by atoms with Crippen molar-refractivity contribution in [3.05, 3.63) is 46.9 Å². The Morgan fingerprint density at radius 2 is 2.38 bits per heavy atom. The summed E-state index contributed by atoms with van der Waals surface area (Å²) < 4.78 is 6.08. The number of likely N-dealkylation sites (tertiary alicyclic amines) is 1. The average molecular weight is 343 g/mol. The van der Waals surface area contributed by atoms with Gasteiger partial charge in [-0.05, 0) is 48.9 Å². The zero-order valence-corrected chi connectivity index (χ0v) is 14.2. The molecule has 0 aliphatic carbocycles. The van der Waals surface area contributed by atoms with E-state index in [2.05, 4.69) is 32.7 Å². The first kappa shape index (κ1) is 15.7. The zero-order chi connectivity index (χ0) is 16.4. The molecular formula is C18H21N3O2S. The molecule has 5 nitrogen and oxygen atoms in total. The highest BCUT2D eigenvalue weighted by molar-refractivity contribution is 7.09. The van der Waals surface area contributed by atoms with Crippen molar-refractivity contribution in [2.24, 2.45) is 5.92 Å². The number of pyridine rings is 1. The first-order chi connectivity index (χ1) is 11.8. The zero-order valence-electron chi connectivity index (χ0n) is 13.4. The summed E-state index contributed by atoms with van der Waals surface area (Å²) >= 11 is 1.80. The van der Waals surface area contributed by atoms with Crippen molar-refractivity contribution in [3.63, 3.8) is 0 Å². The second kappa shape index (κ2) is 7.01. The van der Waals surface area contributed by atoms with Crippen molar-refractivity contribution in [2.75, 3.05) is 18.4 Å². The maximum atomic E-state index is 12.4. The van der Waals surface area contributed by atoms with Crippen LogP contribution in [0.3, 0.4) is 0 Å². The third-order valence-electron chi connectivity index (χ3n) is 4.82. The number of nitrogens with zero attached hydrogens (tertiary/aromatic N) is 2. The molecule has 24 heavy (non-hydrogen) atoms. The first-order valence-corrected chi connectivity index (χ1v) is 9.27. The molecule has 1 amide bonds. The molecule has 3 atom stereocenters. The van der Waals surface area contributed by atoms with Gasteiger partial charge in [-0.3, -0.25) is 14.7 Å². The number of carbonyl (C=O) groups is 1. The fraction of sp³-hybridized carbons (Fsp3) is 0.444. The smallest absolute Gasteiger partial charge is 0.253 e. The molecule has 2 fully saturated rings. The van der Waals surface area contributed by atoms with Gasteiger partial charge in [0.05, 0.1) is 18.0 Å². The van der Waals surface area contributed by atoms with E-state index >= 15 is 0 Å². The van der Waals surface area contributed by atoms with Gasteiger partial charge in [-0.2, -0.15) is 0 Å². The molecule has 0 bridgehead atoms. The van der Waals surface area contributed by atoms with Crippen LogP contribution < -0.4 is 5.32 Å². The highest BCUT2D eigenvalue weighted by Crippen LogP contribution is 2.34. The molecule has 0 radical (unpaired) electrons. The molecule has 2 aliphatic heterocycles. The summed E-state index contributed by atoms with van der Waals surface area (Å²) in [5.74, 6) is 0.441. The van der Waals surface area contributed by atoms with E-state index in [1.165, 1.54) is 4.88 Å². The number of aromatic nitrogens is 1. The van der Waals surface area contributed by atoms with E-state index in [0.717, 1.165) is 38.2 Å². The van der Waals surface area contributed by atoms with Crippen LogP contribution in [0.4, 0.5) is 5.69 Å². The van der Waals surface area contributed by atoms with Crippen molar-refractivity contribution >= 4 is 22.9 Å². The number of ether oxygens (including phenoxy) is 1. The average Bonchev–Trinajstić information content (AvgIpc) is 3.25. The van der Waals surface area contributed by atoms with Crippen LogP contribution in [0.15, 0.2) is 42.0 Å². The van der Waals surface area contributed by atoms with Crippen LogP contribution in [-0.4, -0.2) is 41.1 Å². The van der Waals surface area contributed by atoms with E-state index in [9.17, 15) is 4.79 Å². The van der Waals surface area contributed by atoms with E-state index in [1.54, 1.807) is 23.7 Å². The van der Waals surface area contributed by atoms with Gasteiger partial charge < -0.3 is 10.1 Å². The second-order valence-electron chi connectivity index (χ2n) is 6.49. The number of fused-ring (bicyclic) bond motifs is 1. The van der Waals surface area contributed by atoms with Gasteiger partial charge >= 0.3 is 0 Å². The van der Waals surface area contributed by atoms with Gasteiger partial charge in [-0.15, -0.1) is 11.3 Å². The summed E-state index contributed by atoms with van der Waals surface area (Å²) in [4.78, 5) is 20.3. The van der Waals surface area contributed by atoms with E-state index < -0.39 is 0 Å². The minimum Gasteiger partial charge on any atom is -0.364 e. The minimum absolute atomic E-state index is 0.0535. The largest absolute Gasteiger partial charge is 0.364 e. The monoisotopic (exact) mass is 343 g/mol. The number of rotatable bonds is 4. The molecule has 0 aromatic carbocycles. The van der Waals surface area contributed by atoms with Crippen molar-refractivity contribution in [2.45, 2.75) is 31.6 Å². The van der Waals surface area contributed by atoms with Crippen LogP contribution in [0.25, 0.3) is 0 Å². The summed E-state index contributed by atoms with van der Waals surface area (Å²) in [5, 5.41) is 5.02.